The van der Waals surface area contributed by atoms with Gasteiger partial charge in [-0.1, -0.05) is 0 Å². The second-order valence-corrected chi connectivity index (χ2v) is 11.1. The first kappa shape index (κ1) is 27.0. The Bertz CT molecular complexity index is 1120. The van der Waals surface area contributed by atoms with Crippen LogP contribution in [0.25, 0.3) is 0 Å². The minimum atomic E-state index is -0.201. The normalized spacial score (nSPS) is 18.3. The van der Waals surface area contributed by atoms with Gasteiger partial charge in [-0.15, -0.1) is 0 Å². The van der Waals surface area contributed by atoms with Crippen LogP contribution in [-0.4, -0.2) is 76.5 Å². The van der Waals surface area contributed by atoms with Crippen molar-refractivity contribution in [2.24, 2.45) is 0 Å². The Morgan fingerprint density at radius 1 is 1.27 bits per heavy atom. The highest BCUT2D eigenvalue weighted by Crippen LogP contribution is 2.33. The van der Waals surface area contributed by atoms with Gasteiger partial charge in [-0.3, -0.25) is 14.5 Å². The molecule has 2 aromatic heterocycles. The van der Waals surface area contributed by atoms with Gasteiger partial charge < -0.3 is 9.80 Å². The van der Waals surface area contributed by atoms with Crippen molar-refractivity contribution in [2.45, 2.75) is 64.6 Å². The van der Waals surface area contributed by atoms with Crippen LogP contribution >= 0.6 is 11.3 Å². The van der Waals surface area contributed by atoms with E-state index < -0.39 is 0 Å². The molecule has 4 rings (SSSR count). The number of piperidine rings is 2. The molecule has 0 bridgehead atoms. The maximum absolute atomic E-state index is 13.3. The number of carbonyl (C=O) groups excluding carboxylic acids is 2. The van der Waals surface area contributed by atoms with E-state index >= 15 is 0 Å². The second-order valence-electron chi connectivity index (χ2n) is 10.3. The third-order valence-electron chi connectivity index (χ3n) is 7.91. The van der Waals surface area contributed by atoms with Crippen molar-refractivity contribution in [3.8, 4) is 6.07 Å². The number of carbonyl (C=O) groups is 2. The molecule has 0 spiro atoms. The Hall–Kier alpha value is -3.00. The highest BCUT2D eigenvalue weighted by atomic mass is 32.1. The molecule has 0 aromatic carbocycles. The molecule has 9 nitrogen and oxygen atoms in total. The zero-order valence-electron chi connectivity index (χ0n) is 22.1. The Morgan fingerprint density at radius 3 is 2.54 bits per heavy atom. The standard InChI is InChI=1S/C27H36N6O3S/c1-19-15-22(16-28)29-20(2)24(19)25(34)31-12-8-27(3,9-13-31)32-10-5-23(6-11-32)33(26(35)30-36-4)17-21-7-14-37-18-21/h7,14-15,18,23H,5-6,8-13,17H2,1-4H3,(H,30,35). The lowest BCUT2D eigenvalue weighted by molar-refractivity contribution is 0.00221. The van der Waals surface area contributed by atoms with Crippen LogP contribution in [0.1, 0.15) is 65.5 Å². The van der Waals surface area contributed by atoms with E-state index in [1.165, 1.54) is 7.11 Å². The number of hydrogen-bond acceptors (Lipinski definition) is 7. The molecule has 3 amide bonds. The molecule has 2 aliphatic rings. The zero-order valence-corrected chi connectivity index (χ0v) is 22.9. The van der Waals surface area contributed by atoms with Gasteiger partial charge >= 0.3 is 6.03 Å². The van der Waals surface area contributed by atoms with Gasteiger partial charge in [-0.25, -0.2) is 15.3 Å². The molecule has 0 saturated carbocycles. The Balaban J connectivity index is 1.36. The predicted molar refractivity (Wildman–Crippen MR) is 142 cm³/mol. The molecule has 0 radical (unpaired) electrons. The van der Waals surface area contributed by atoms with Crippen molar-refractivity contribution in [2.75, 3.05) is 33.3 Å². The summed E-state index contributed by atoms with van der Waals surface area (Å²) in [5.41, 5.74) is 6.01. The van der Waals surface area contributed by atoms with E-state index in [1.54, 1.807) is 24.3 Å². The molecule has 2 fully saturated rings. The van der Waals surface area contributed by atoms with Crippen molar-refractivity contribution >= 4 is 23.3 Å². The number of aryl methyl sites for hydroxylation is 2. The number of nitriles is 1. The molecule has 0 atom stereocenters. The quantitative estimate of drug-likeness (QED) is 0.576. The van der Waals surface area contributed by atoms with Gasteiger partial charge in [0.15, 0.2) is 0 Å². The van der Waals surface area contributed by atoms with E-state index in [2.05, 4.69) is 39.8 Å². The van der Waals surface area contributed by atoms with Crippen molar-refractivity contribution in [1.29, 1.82) is 5.26 Å². The fourth-order valence-corrected chi connectivity index (χ4v) is 6.35. The van der Waals surface area contributed by atoms with Gasteiger partial charge in [0.05, 0.1) is 18.4 Å². The molecule has 10 heteroatoms. The van der Waals surface area contributed by atoms with Gasteiger partial charge in [-0.05, 0) is 80.5 Å². The van der Waals surface area contributed by atoms with E-state index in [9.17, 15) is 9.59 Å². The smallest absolute Gasteiger partial charge is 0.338 e. The number of nitrogens with one attached hydrogen (secondary N) is 1. The minimum Gasteiger partial charge on any atom is -0.338 e. The van der Waals surface area contributed by atoms with Crippen molar-refractivity contribution in [1.82, 2.24) is 25.2 Å². The van der Waals surface area contributed by atoms with Crippen LogP contribution in [0.3, 0.4) is 0 Å². The van der Waals surface area contributed by atoms with Gasteiger partial charge in [-0.2, -0.15) is 16.6 Å². The first-order valence-corrected chi connectivity index (χ1v) is 13.7. The molecule has 1 N–H and O–H groups in total. The third-order valence-corrected chi connectivity index (χ3v) is 8.64. The summed E-state index contributed by atoms with van der Waals surface area (Å²) in [4.78, 5) is 41.6. The molecule has 198 valence electrons. The van der Waals surface area contributed by atoms with E-state index in [0.717, 1.165) is 49.9 Å². The molecule has 2 saturated heterocycles. The van der Waals surface area contributed by atoms with Gasteiger partial charge in [0.1, 0.15) is 11.8 Å². The summed E-state index contributed by atoms with van der Waals surface area (Å²) in [5, 5.41) is 13.3. The molecule has 2 aliphatic heterocycles. The number of amides is 3. The van der Waals surface area contributed by atoms with Crippen LogP contribution in [0.2, 0.25) is 0 Å². The average molecular weight is 525 g/mol. The summed E-state index contributed by atoms with van der Waals surface area (Å²) in [6, 6.07) is 5.75. The summed E-state index contributed by atoms with van der Waals surface area (Å²) in [6.45, 7) is 9.74. The number of pyridine rings is 1. The number of nitrogens with zero attached hydrogens (tertiary/aromatic N) is 5. The van der Waals surface area contributed by atoms with Crippen LogP contribution in [0, 0.1) is 25.2 Å². The highest BCUT2D eigenvalue weighted by Gasteiger charge is 2.40. The number of rotatable bonds is 6. The average Bonchev–Trinajstić information content (AvgIpc) is 3.41. The van der Waals surface area contributed by atoms with Crippen LogP contribution in [0.5, 0.6) is 0 Å². The fourth-order valence-electron chi connectivity index (χ4n) is 5.69. The van der Waals surface area contributed by atoms with Crippen molar-refractivity contribution in [3.63, 3.8) is 0 Å². The van der Waals surface area contributed by atoms with E-state index in [4.69, 9.17) is 10.1 Å². The van der Waals surface area contributed by atoms with E-state index in [1.807, 2.05) is 22.1 Å². The first-order chi connectivity index (χ1) is 17.8. The number of likely N-dealkylation sites (tertiary alicyclic amines) is 2. The Labute approximate surface area is 223 Å². The van der Waals surface area contributed by atoms with Crippen LogP contribution < -0.4 is 5.48 Å². The molecule has 0 unspecified atom stereocenters. The van der Waals surface area contributed by atoms with Crippen molar-refractivity contribution < 1.29 is 14.4 Å². The maximum atomic E-state index is 13.3. The number of hydroxylamine groups is 1. The fraction of sp³-hybridized carbons (Fsp3) is 0.556. The summed E-state index contributed by atoms with van der Waals surface area (Å²) >= 11 is 1.63. The van der Waals surface area contributed by atoms with Crippen LogP contribution in [0.15, 0.2) is 22.9 Å². The number of urea groups is 1. The van der Waals surface area contributed by atoms with Gasteiger partial charge in [0.2, 0.25) is 0 Å². The lowest BCUT2D eigenvalue weighted by Crippen LogP contribution is -2.58. The summed E-state index contributed by atoms with van der Waals surface area (Å²) < 4.78 is 0. The third kappa shape index (κ3) is 5.95. The molecule has 2 aromatic rings. The maximum Gasteiger partial charge on any atom is 0.341 e. The Kier molecular flexibility index (Phi) is 8.47. The lowest BCUT2D eigenvalue weighted by Gasteiger charge is -2.50. The monoisotopic (exact) mass is 524 g/mol. The molecule has 4 heterocycles. The van der Waals surface area contributed by atoms with Crippen molar-refractivity contribution in [3.05, 3.63) is 51.0 Å². The number of hydrogen-bond donors (Lipinski definition) is 1. The summed E-state index contributed by atoms with van der Waals surface area (Å²) in [5.74, 6) is 0.000903. The SMILES string of the molecule is CONC(=O)N(Cc1ccsc1)C1CCN(C2(C)CCN(C(=O)c3c(C)cc(C#N)nc3C)CC2)CC1. The van der Waals surface area contributed by atoms with E-state index in [-0.39, 0.29) is 23.5 Å². The highest BCUT2D eigenvalue weighted by molar-refractivity contribution is 7.07. The van der Waals surface area contributed by atoms with Crippen LogP contribution in [-0.2, 0) is 11.4 Å². The number of thiophene rings is 1. The Morgan fingerprint density at radius 2 is 1.97 bits per heavy atom. The summed E-state index contributed by atoms with van der Waals surface area (Å²) in [7, 11) is 1.46. The van der Waals surface area contributed by atoms with Crippen LogP contribution in [0.4, 0.5) is 4.79 Å². The lowest BCUT2D eigenvalue weighted by atomic mass is 9.85. The second kappa shape index (κ2) is 11.6. The molecular formula is C27H36N6O3S. The zero-order chi connectivity index (χ0) is 26.6. The topological polar surface area (TPSA) is 102 Å². The minimum absolute atomic E-state index is 0.000903. The van der Waals surface area contributed by atoms with Gasteiger partial charge in [0.25, 0.3) is 5.91 Å². The molecular weight excluding hydrogens is 488 g/mol. The van der Waals surface area contributed by atoms with E-state index in [0.29, 0.717) is 36.6 Å². The first-order valence-electron chi connectivity index (χ1n) is 12.8. The summed E-state index contributed by atoms with van der Waals surface area (Å²) in [6.07, 6.45) is 3.59. The molecule has 37 heavy (non-hydrogen) atoms. The molecule has 0 aliphatic carbocycles. The largest absolute Gasteiger partial charge is 0.341 e. The number of aromatic nitrogens is 1. The predicted octanol–water partition coefficient (Wildman–Crippen LogP) is 3.86. The van der Waals surface area contributed by atoms with Gasteiger partial charge in [0, 0.05) is 44.3 Å².